The quantitative estimate of drug-likeness (QED) is 0.671. The van der Waals surface area contributed by atoms with Gasteiger partial charge in [0.15, 0.2) is 0 Å². The zero-order chi connectivity index (χ0) is 16.1. The average molecular weight is 326 g/mol. The highest BCUT2D eigenvalue weighted by molar-refractivity contribution is 7.13. The van der Waals surface area contributed by atoms with Crippen LogP contribution in [-0.4, -0.2) is 23.0 Å². The van der Waals surface area contributed by atoms with Crippen LogP contribution in [0, 0.1) is 0 Å². The molecule has 0 spiro atoms. The number of benzene rings is 1. The minimum Gasteiger partial charge on any atom is -0.496 e. The van der Waals surface area contributed by atoms with Crippen molar-refractivity contribution in [2.75, 3.05) is 7.11 Å². The maximum absolute atomic E-state index is 11.9. The Morgan fingerprint density at radius 1 is 1.17 bits per heavy atom. The molecule has 2 aromatic heterocycles. The van der Waals surface area contributed by atoms with Gasteiger partial charge in [0.2, 0.25) is 0 Å². The Kier molecular flexibility index (Phi) is 4.63. The van der Waals surface area contributed by atoms with Crippen molar-refractivity contribution in [3.8, 4) is 16.3 Å². The van der Waals surface area contributed by atoms with Crippen LogP contribution >= 0.6 is 11.3 Å². The highest BCUT2D eigenvalue weighted by Crippen LogP contribution is 2.31. The molecule has 0 saturated carbocycles. The molecule has 1 aromatic carbocycles. The number of esters is 1. The molecule has 0 N–H and O–H groups in total. The molecule has 3 aromatic rings. The molecule has 0 aliphatic rings. The second-order valence-corrected chi connectivity index (χ2v) is 5.49. The van der Waals surface area contributed by atoms with Crippen LogP contribution in [0.2, 0.25) is 0 Å². The first-order valence-electron chi connectivity index (χ1n) is 6.94. The van der Waals surface area contributed by atoms with E-state index in [1.165, 1.54) is 11.3 Å². The third kappa shape index (κ3) is 3.54. The Bertz CT molecular complexity index is 802. The standard InChI is InChI=1S/C17H14N2O3S/c1-21-15-8-3-2-6-13(15)16-19-12(11-23-16)10-22-17(20)14-7-4-5-9-18-14/h2-9,11H,10H2,1H3. The van der Waals surface area contributed by atoms with Gasteiger partial charge >= 0.3 is 5.97 Å². The smallest absolute Gasteiger partial charge is 0.357 e. The first kappa shape index (κ1) is 15.2. The Morgan fingerprint density at radius 3 is 2.78 bits per heavy atom. The van der Waals surface area contributed by atoms with Gasteiger partial charge in [0, 0.05) is 11.6 Å². The largest absolute Gasteiger partial charge is 0.496 e. The highest BCUT2D eigenvalue weighted by Gasteiger charge is 2.12. The predicted molar refractivity (Wildman–Crippen MR) is 87.5 cm³/mol. The number of rotatable bonds is 5. The van der Waals surface area contributed by atoms with Crippen LogP contribution in [0.4, 0.5) is 0 Å². The minimum atomic E-state index is -0.461. The van der Waals surface area contributed by atoms with Gasteiger partial charge in [-0.1, -0.05) is 18.2 Å². The minimum absolute atomic E-state index is 0.112. The molecular formula is C17H14N2O3S. The summed E-state index contributed by atoms with van der Waals surface area (Å²) < 4.78 is 10.6. The molecule has 0 aliphatic carbocycles. The van der Waals surface area contributed by atoms with Gasteiger partial charge < -0.3 is 9.47 Å². The fourth-order valence-corrected chi connectivity index (χ4v) is 2.85. The Balaban J connectivity index is 1.69. The Labute approximate surface area is 137 Å². The lowest BCUT2D eigenvalue weighted by Crippen LogP contribution is -2.07. The summed E-state index contributed by atoms with van der Waals surface area (Å²) in [7, 11) is 1.63. The molecule has 0 radical (unpaired) electrons. The molecule has 0 saturated heterocycles. The van der Waals surface area contributed by atoms with Crippen molar-refractivity contribution in [2.24, 2.45) is 0 Å². The molecule has 6 heteroatoms. The van der Waals surface area contributed by atoms with Crippen LogP contribution in [0.15, 0.2) is 54.0 Å². The van der Waals surface area contributed by atoms with E-state index < -0.39 is 5.97 Å². The fourth-order valence-electron chi connectivity index (χ4n) is 2.02. The zero-order valence-electron chi connectivity index (χ0n) is 12.4. The molecule has 2 heterocycles. The fraction of sp³-hybridized carbons (Fsp3) is 0.118. The van der Waals surface area contributed by atoms with Gasteiger partial charge in [-0.25, -0.2) is 14.8 Å². The summed E-state index contributed by atoms with van der Waals surface area (Å²) >= 11 is 1.48. The number of carbonyl (C=O) groups excluding carboxylic acids is 1. The van der Waals surface area contributed by atoms with E-state index in [2.05, 4.69) is 9.97 Å². The van der Waals surface area contributed by atoms with Gasteiger partial charge in [0.1, 0.15) is 23.1 Å². The number of ether oxygens (including phenoxy) is 2. The number of hydrogen-bond donors (Lipinski definition) is 0. The van der Waals surface area contributed by atoms with Gasteiger partial charge in [-0.3, -0.25) is 0 Å². The first-order valence-corrected chi connectivity index (χ1v) is 7.82. The van der Waals surface area contributed by atoms with E-state index in [-0.39, 0.29) is 12.3 Å². The van der Waals surface area contributed by atoms with Crippen molar-refractivity contribution in [1.29, 1.82) is 0 Å². The maximum atomic E-state index is 11.9. The summed E-state index contributed by atoms with van der Waals surface area (Å²) in [5.41, 5.74) is 1.90. The van der Waals surface area contributed by atoms with E-state index in [0.29, 0.717) is 5.69 Å². The maximum Gasteiger partial charge on any atom is 0.357 e. The topological polar surface area (TPSA) is 61.3 Å². The third-order valence-electron chi connectivity index (χ3n) is 3.11. The molecular weight excluding hydrogens is 312 g/mol. The highest BCUT2D eigenvalue weighted by atomic mass is 32.1. The number of pyridine rings is 1. The van der Waals surface area contributed by atoms with Crippen molar-refractivity contribution < 1.29 is 14.3 Å². The van der Waals surface area contributed by atoms with Gasteiger partial charge in [-0.15, -0.1) is 11.3 Å². The van der Waals surface area contributed by atoms with Crippen LogP contribution in [0.3, 0.4) is 0 Å². The van der Waals surface area contributed by atoms with Crippen LogP contribution in [0.1, 0.15) is 16.2 Å². The molecule has 0 fully saturated rings. The van der Waals surface area contributed by atoms with Crippen molar-refractivity contribution in [3.63, 3.8) is 0 Å². The molecule has 116 valence electrons. The zero-order valence-corrected chi connectivity index (χ0v) is 13.2. The second kappa shape index (κ2) is 7.02. The van der Waals surface area contributed by atoms with E-state index in [0.717, 1.165) is 16.3 Å². The monoisotopic (exact) mass is 326 g/mol. The molecule has 3 rings (SSSR count). The van der Waals surface area contributed by atoms with Crippen LogP contribution in [0.25, 0.3) is 10.6 Å². The normalized spacial score (nSPS) is 10.3. The van der Waals surface area contributed by atoms with Crippen molar-refractivity contribution in [3.05, 3.63) is 65.4 Å². The number of nitrogens with zero attached hydrogens (tertiary/aromatic N) is 2. The van der Waals surface area contributed by atoms with Crippen molar-refractivity contribution in [1.82, 2.24) is 9.97 Å². The van der Waals surface area contributed by atoms with Crippen molar-refractivity contribution >= 4 is 17.3 Å². The molecule has 0 atom stereocenters. The van der Waals surface area contributed by atoms with Crippen LogP contribution in [-0.2, 0) is 11.3 Å². The molecule has 0 amide bonds. The van der Waals surface area contributed by atoms with E-state index in [1.807, 2.05) is 29.6 Å². The first-order chi connectivity index (χ1) is 11.3. The summed E-state index contributed by atoms with van der Waals surface area (Å²) in [5, 5.41) is 2.69. The average Bonchev–Trinajstić information content (AvgIpc) is 3.09. The molecule has 23 heavy (non-hydrogen) atoms. The second-order valence-electron chi connectivity index (χ2n) is 4.64. The van der Waals surface area contributed by atoms with E-state index in [1.54, 1.807) is 31.5 Å². The summed E-state index contributed by atoms with van der Waals surface area (Å²) in [6, 6.07) is 12.8. The summed E-state index contributed by atoms with van der Waals surface area (Å²) in [6.45, 7) is 0.112. The summed E-state index contributed by atoms with van der Waals surface area (Å²) in [5.74, 6) is 0.302. The van der Waals surface area contributed by atoms with E-state index in [9.17, 15) is 4.79 Å². The van der Waals surface area contributed by atoms with E-state index in [4.69, 9.17) is 9.47 Å². The number of para-hydroxylation sites is 1. The lowest BCUT2D eigenvalue weighted by atomic mass is 10.2. The summed E-state index contributed by atoms with van der Waals surface area (Å²) in [6.07, 6.45) is 1.55. The Morgan fingerprint density at radius 2 is 2.00 bits per heavy atom. The van der Waals surface area contributed by atoms with E-state index >= 15 is 0 Å². The van der Waals surface area contributed by atoms with Crippen LogP contribution in [0.5, 0.6) is 5.75 Å². The third-order valence-corrected chi connectivity index (χ3v) is 4.04. The predicted octanol–water partition coefficient (Wildman–Crippen LogP) is 3.57. The molecule has 0 aliphatic heterocycles. The SMILES string of the molecule is COc1ccccc1-c1nc(COC(=O)c2ccccn2)cs1. The van der Waals surface area contributed by atoms with Gasteiger partial charge in [0.05, 0.1) is 18.4 Å². The number of carbonyl (C=O) groups is 1. The van der Waals surface area contributed by atoms with Crippen molar-refractivity contribution in [2.45, 2.75) is 6.61 Å². The lowest BCUT2D eigenvalue weighted by molar-refractivity contribution is 0.0461. The van der Waals surface area contributed by atoms with Gasteiger partial charge in [-0.2, -0.15) is 0 Å². The molecule has 0 bridgehead atoms. The number of aromatic nitrogens is 2. The lowest BCUT2D eigenvalue weighted by Gasteiger charge is -2.04. The number of hydrogen-bond acceptors (Lipinski definition) is 6. The number of thiazole rings is 1. The summed E-state index contributed by atoms with van der Waals surface area (Å²) in [4.78, 5) is 20.3. The Hall–Kier alpha value is -2.73. The number of methoxy groups -OCH3 is 1. The van der Waals surface area contributed by atoms with Gasteiger partial charge in [-0.05, 0) is 24.3 Å². The molecule has 0 unspecified atom stereocenters. The van der Waals surface area contributed by atoms with Gasteiger partial charge in [0.25, 0.3) is 0 Å². The molecule has 5 nitrogen and oxygen atoms in total. The van der Waals surface area contributed by atoms with Crippen LogP contribution < -0.4 is 4.74 Å².